The molecule has 0 spiro atoms. The Hall–Kier alpha value is -2.44. The van der Waals surface area contributed by atoms with Crippen LogP contribution in [0.4, 0.5) is 5.69 Å². The Labute approximate surface area is 122 Å². The summed E-state index contributed by atoms with van der Waals surface area (Å²) in [6.07, 6.45) is 0.817. The average Bonchev–Trinajstić information content (AvgIpc) is 2.38. The van der Waals surface area contributed by atoms with E-state index in [0.717, 1.165) is 0 Å². The summed E-state index contributed by atoms with van der Waals surface area (Å²) in [4.78, 5) is 33.3. The topological polar surface area (TPSA) is 110 Å². The summed E-state index contributed by atoms with van der Waals surface area (Å²) in [5.74, 6) is -1.58. The lowest BCUT2D eigenvalue weighted by molar-refractivity contribution is -0.384. The van der Waals surface area contributed by atoms with Crippen molar-refractivity contribution < 1.29 is 19.6 Å². The second-order valence-corrected chi connectivity index (χ2v) is 5.04. The fraction of sp³-hybridized carbons (Fsp3) is 0.429. The number of hydrogen-bond donors (Lipinski definition) is 2. The standard InChI is InChI=1S/C14H18N2O5/c1-3-7-14(2,13(18)19)15-12(17)9-10-5-4-6-11(8-10)16(20)21/h4-6,8H,3,7,9H2,1-2H3,(H,15,17)(H,18,19). The molecule has 0 heterocycles. The van der Waals surface area contributed by atoms with Crippen LogP contribution in [0.25, 0.3) is 0 Å². The first-order valence-electron chi connectivity index (χ1n) is 6.56. The summed E-state index contributed by atoms with van der Waals surface area (Å²) >= 11 is 0. The Bertz CT molecular complexity index is 558. The first kappa shape index (κ1) is 16.6. The van der Waals surface area contributed by atoms with Crippen LogP contribution in [-0.4, -0.2) is 27.4 Å². The minimum absolute atomic E-state index is 0.102. The quantitative estimate of drug-likeness (QED) is 0.589. The Balaban J connectivity index is 2.79. The highest BCUT2D eigenvalue weighted by Gasteiger charge is 2.33. The van der Waals surface area contributed by atoms with E-state index >= 15 is 0 Å². The van der Waals surface area contributed by atoms with Gasteiger partial charge in [0.05, 0.1) is 11.3 Å². The Morgan fingerprint density at radius 3 is 2.62 bits per heavy atom. The molecule has 1 amide bonds. The zero-order chi connectivity index (χ0) is 16.0. The predicted octanol–water partition coefficient (Wildman–Crippen LogP) is 1.90. The summed E-state index contributed by atoms with van der Waals surface area (Å²) in [6, 6.07) is 5.71. The van der Waals surface area contributed by atoms with Crippen LogP contribution in [0, 0.1) is 10.1 Å². The lowest BCUT2D eigenvalue weighted by Gasteiger charge is -2.25. The van der Waals surface area contributed by atoms with E-state index in [1.54, 1.807) is 6.07 Å². The molecule has 114 valence electrons. The van der Waals surface area contributed by atoms with Gasteiger partial charge >= 0.3 is 5.97 Å². The van der Waals surface area contributed by atoms with Crippen molar-refractivity contribution in [3.63, 3.8) is 0 Å². The molecule has 7 nitrogen and oxygen atoms in total. The smallest absolute Gasteiger partial charge is 0.329 e. The average molecular weight is 294 g/mol. The molecule has 1 rings (SSSR count). The Kier molecular flexibility index (Phi) is 5.40. The normalized spacial score (nSPS) is 13.2. The number of rotatable bonds is 7. The van der Waals surface area contributed by atoms with E-state index < -0.39 is 22.3 Å². The number of carbonyl (C=O) groups excluding carboxylic acids is 1. The van der Waals surface area contributed by atoms with Crippen molar-refractivity contribution in [2.24, 2.45) is 0 Å². The first-order valence-corrected chi connectivity index (χ1v) is 6.56. The molecule has 21 heavy (non-hydrogen) atoms. The molecule has 1 atom stereocenters. The molecule has 0 aliphatic heterocycles. The number of nitrogens with one attached hydrogen (secondary N) is 1. The van der Waals surface area contributed by atoms with E-state index in [0.29, 0.717) is 18.4 Å². The van der Waals surface area contributed by atoms with Gasteiger partial charge in [-0.25, -0.2) is 4.79 Å². The number of carboxylic acid groups (broad SMARTS) is 1. The van der Waals surface area contributed by atoms with Crippen LogP contribution in [0.2, 0.25) is 0 Å². The zero-order valence-corrected chi connectivity index (χ0v) is 12.0. The van der Waals surface area contributed by atoms with Gasteiger partial charge in [0.1, 0.15) is 5.54 Å². The van der Waals surface area contributed by atoms with Crippen molar-refractivity contribution >= 4 is 17.6 Å². The molecule has 0 fully saturated rings. The molecule has 0 saturated carbocycles. The maximum atomic E-state index is 11.9. The molecule has 1 unspecified atom stereocenters. The molecular weight excluding hydrogens is 276 g/mol. The van der Waals surface area contributed by atoms with Gasteiger partial charge in [-0.2, -0.15) is 0 Å². The van der Waals surface area contributed by atoms with Crippen LogP contribution >= 0.6 is 0 Å². The summed E-state index contributed by atoms with van der Waals surface area (Å²) in [7, 11) is 0. The van der Waals surface area contributed by atoms with E-state index in [-0.39, 0.29) is 12.1 Å². The highest BCUT2D eigenvalue weighted by atomic mass is 16.6. The molecule has 7 heteroatoms. The van der Waals surface area contributed by atoms with Crippen LogP contribution in [0.5, 0.6) is 0 Å². The van der Waals surface area contributed by atoms with Crippen molar-refractivity contribution in [2.75, 3.05) is 0 Å². The van der Waals surface area contributed by atoms with Gasteiger partial charge in [0.25, 0.3) is 5.69 Å². The minimum Gasteiger partial charge on any atom is -0.480 e. The summed E-state index contributed by atoms with van der Waals surface area (Å²) in [5.41, 5.74) is -0.965. The second-order valence-electron chi connectivity index (χ2n) is 5.04. The summed E-state index contributed by atoms with van der Waals surface area (Å²) < 4.78 is 0. The molecular formula is C14H18N2O5. The molecule has 0 aromatic heterocycles. The number of amides is 1. The summed E-state index contributed by atoms with van der Waals surface area (Å²) in [6.45, 7) is 3.28. The Morgan fingerprint density at radius 2 is 2.10 bits per heavy atom. The van der Waals surface area contributed by atoms with Crippen molar-refractivity contribution in [3.05, 3.63) is 39.9 Å². The first-order chi connectivity index (χ1) is 9.78. The van der Waals surface area contributed by atoms with Crippen LogP contribution in [0.1, 0.15) is 32.3 Å². The molecule has 1 aromatic carbocycles. The minimum atomic E-state index is -1.33. The molecule has 0 bridgehead atoms. The third kappa shape index (κ3) is 4.55. The van der Waals surface area contributed by atoms with Crippen molar-refractivity contribution in [3.8, 4) is 0 Å². The number of carboxylic acids is 1. The number of benzene rings is 1. The number of nitro groups is 1. The number of non-ortho nitro benzene ring substituents is 1. The number of nitro benzene ring substituents is 1. The van der Waals surface area contributed by atoms with E-state index in [2.05, 4.69) is 5.32 Å². The largest absolute Gasteiger partial charge is 0.480 e. The fourth-order valence-corrected chi connectivity index (χ4v) is 2.04. The number of aliphatic carboxylic acids is 1. The fourth-order valence-electron chi connectivity index (χ4n) is 2.04. The maximum Gasteiger partial charge on any atom is 0.329 e. The monoisotopic (exact) mass is 294 g/mol. The zero-order valence-electron chi connectivity index (χ0n) is 12.0. The molecule has 0 aliphatic rings. The third-order valence-electron chi connectivity index (χ3n) is 3.12. The van der Waals surface area contributed by atoms with Gasteiger partial charge in [0, 0.05) is 12.1 Å². The highest BCUT2D eigenvalue weighted by molar-refractivity contribution is 5.87. The number of carbonyl (C=O) groups is 2. The van der Waals surface area contributed by atoms with Crippen LogP contribution in [-0.2, 0) is 16.0 Å². The van der Waals surface area contributed by atoms with E-state index in [9.17, 15) is 24.8 Å². The highest BCUT2D eigenvalue weighted by Crippen LogP contribution is 2.16. The maximum absolute atomic E-state index is 11.9. The SMILES string of the molecule is CCCC(C)(NC(=O)Cc1cccc([N+](=O)[O-])c1)C(=O)O. The van der Waals surface area contributed by atoms with Crippen molar-refractivity contribution in [2.45, 2.75) is 38.6 Å². The lowest BCUT2D eigenvalue weighted by atomic mass is 9.96. The summed E-state index contributed by atoms with van der Waals surface area (Å²) in [5, 5.41) is 22.3. The molecule has 0 aliphatic carbocycles. The lowest BCUT2D eigenvalue weighted by Crippen LogP contribution is -2.52. The van der Waals surface area contributed by atoms with Crippen LogP contribution < -0.4 is 5.32 Å². The van der Waals surface area contributed by atoms with Gasteiger partial charge in [-0.3, -0.25) is 14.9 Å². The molecule has 0 radical (unpaired) electrons. The Morgan fingerprint density at radius 1 is 1.43 bits per heavy atom. The van der Waals surface area contributed by atoms with Crippen molar-refractivity contribution in [1.82, 2.24) is 5.32 Å². The molecule has 1 aromatic rings. The van der Waals surface area contributed by atoms with Gasteiger partial charge in [-0.1, -0.05) is 25.5 Å². The number of hydrogen-bond acceptors (Lipinski definition) is 4. The van der Waals surface area contributed by atoms with Crippen LogP contribution in [0.15, 0.2) is 24.3 Å². The van der Waals surface area contributed by atoms with Gasteiger partial charge < -0.3 is 10.4 Å². The van der Waals surface area contributed by atoms with Gasteiger partial charge in [-0.05, 0) is 18.9 Å². The van der Waals surface area contributed by atoms with Gasteiger partial charge in [0.15, 0.2) is 0 Å². The number of nitrogens with zero attached hydrogens (tertiary/aromatic N) is 1. The predicted molar refractivity (Wildman–Crippen MR) is 75.9 cm³/mol. The third-order valence-corrected chi connectivity index (χ3v) is 3.12. The molecule has 2 N–H and O–H groups in total. The van der Waals surface area contributed by atoms with E-state index in [1.807, 2.05) is 6.92 Å². The van der Waals surface area contributed by atoms with E-state index in [1.165, 1.54) is 25.1 Å². The van der Waals surface area contributed by atoms with Gasteiger partial charge in [-0.15, -0.1) is 0 Å². The van der Waals surface area contributed by atoms with Crippen LogP contribution in [0.3, 0.4) is 0 Å². The van der Waals surface area contributed by atoms with E-state index in [4.69, 9.17) is 0 Å². The van der Waals surface area contributed by atoms with Crippen molar-refractivity contribution in [1.29, 1.82) is 0 Å². The molecule has 0 saturated heterocycles. The second kappa shape index (κ2) is 6.83. The van der Waals surface area contributed by atoms with Gasteiger partial charge in [0.2, 0.25) is 5.91 Å².